The van der Waals surface area contributed by atoms with E-state index < -0.39 is 6.04 Å². The van der Waals surface area contributed by atoms with Gasteiger partial charge in [-0.1, -0.05) is 32.0 Å². The van der Waals surface area contributed by atoms with E-state index in [1.54, 1.807) is 24.5 Å². The lowest BCUT2D eigenvalue weighted by molar-refractivity contribution is -0.118. The number of hydrogen-bond donors (Lipinski definition) is 2. The summed E-state index contributed by atoms with van der Waals surface area (Å²) >= 11 is 0. The topological polar surface area (TPSA) is 76.0 Å². The van der Waals surface area contributed by atoms with Gasteiger partial charge in [0, 0.05) is 52.0 Å². The second-order valence-electron chi connectivity index (χ2n) is 7.91. The van der Waals surface area contributed by atoms with Gasteiger partial charge in [0.15, 0.2) is 0 Å². The number of para-hydroxylation sites is 1. The van der Waals surface area contributed by atoms with Gasteiger partial charge >= 0.3 is 0 Å². The molecule has 4 rings (SSSR count). The predicted octanol–water partition coefficient (Wildman–Crippen LogP) is 4.60. The van der Waals surface area contributed by atoms with Crippen LogP contribution in [0.15, 0.2) is 67.0 Å². The minimum absolute atomic E-state index is 0.0727. The smallest absolute Gasteiger partial charge is 0.252 e. The highest BCUT2D eigenvalue weighted by Crippen LogP contribution is 2.31. The first-order valence-electron chi connectivity index (χ1n) is 10.5. The summed E-state index contributed by atoms with van der Waals surface area (Å²) in [5.41, 5.74) is 3.49. The van der Waals surface area contributed by atoms with Crippen molar-refractivity contribution < 1.29 is 9.59 Å². The molecule has 2 N–H and O–H groups in total. The van der Waals surface area contributed by atoms with Gasteiger partial charge in [0.1, 0.15) is 6.04 Å². The zero-order chi connectivity index (χ0) is 22.0. The van der Waals surface area contributed by atoms with Crippen molar-refractivity contribution in [2.45, 2.75) is 33.4 Å². The Morgan fingerprint density at radius 2 is 1.68 bits per heavy atom. The highest BCUT2D eigenvalue weighted by atomic mass is 16.2. The number of nitrogens with one attached hydrogen (secondary N) is 2. The number of carbonyl (C=O) groups excluding carboxylic acids is 2. The lowest BCUT2D eigenvalue weighted by Crippen LogP contribution is -2.47. The number of aryl methyl sites for hydroxylation is 1. The van der Waals surface area contributed by atoms with Gasteiger partial charge in [0.25, 0.3) is 5.91 Å². The molecular weight excluding hydrogens is 388 g/mol. The van der Waals surface area contributed by atoms with Crippen LogP contribution >= 0.6 is 0 Å². The summed E-state index contributed by atoms with van der Waals surface area (Å²) in [6, 6.07) is 16.8. The summed E-state index contributed by atoms with van der Waals surface area (Å²) in [6.07, 6.45) is 3.11. The number of hydrogen-bond acceptors (Lipinski definition) is 3. The normalized spacial score (nSPS) is 12.3. The predicted molar refractivity (Wildman–Crippen MR) is 124 cm³/mol. The average Bonchev–Trinajstić information content (AvgIpc) is 3.10. The number of aromatic nitrogens is 2. The molecule has 0 bridgehead atoms. The summed E-state index contributed by atoms with van der Waals surface area (Å²) in [6.45, 7) is 6.82. The third-order valence-electron chi connectivity index (χ3n) is 5.53. The molecule has 2 heterocycles. The Hall–Kier alpha value is -3.67. The van der Waals surface area contributed by atoms with Crippen molar-refractivity contribution in [1.82, 2.24) is 14.9 Å². The summed E-state index contributed by atoms with van der Waals surface area (Å²) in [4.78, 5) is 29.5. The molecule has 0 aliphatic heterocycles. The van der Waals surface area contributed by atoms with Crippen molar-refractivity contribution in [3.05, 3.63) is 72.6 Å². The van der Waals surface area contributed by atoms with Crippen LogP contribution in [0, 0.1) is 5.92 Å². The molecule has 0 unspecified atom stereocenters. The van der Waals surface area contributed by atoms with E-state index in [4.69, 9.17) is 0 Å². The molecule has 6 heteroatoms. The number of rotatable bonds is 6. The number of fused-ring (bicyclic) bond motifs is 3. The Morgan fingerprint density at radius 1 is 0.968 bits per heavy atom. The van der Waals surface area contributed by atoms with Gasteiger partial charge < -0.3 is 15.2 Å². The molecule has 158 valence electrons. The van der Waals surface area contributed by atoms with E-state index >= 15 is 0 Å². The van der Waals surface area contributed by atoms with E-state index in [1.807, 2.05) is 44.2 Å². The molecule has 0 spiro atoms. The van der Waals surface area contributed by atoms with E-state index in [2.05, 4.69) is 39.2 Å². The highest BCUT2D eigenvalue weighted by molar-refractivity contribution is 6.10. The van der Waals surface area contributed by atoms with Gasteiger partial charge in [-0.05, 0) is 49.2 Å². The van der Waals surface area contributed by atoms with Gasteiger partial charge in [-0.2, -0.15) is 0 Å². The van der Waals surface area contributed by atoms with Crippen LogP contribution in [0.1, 0.15) is 31.1 Å². The number of nitrogens with zero attached hydrogens (tertiary/aromatic N) is 2. The first kappa shape index (κ1) is 20.6. The molecule has 6 nitrogen and oxygen atoms in total. The zero-order valence-corrected chi connectivity index (χ0v) is 17.9. The first-order chi connectivity index (χ1) is 15.0. The molecule has 0 aliphatic rings. The molecule has 31 heavy (non-hydrogen) atoms. The van der Waals surface area contributed by atoms with Crippen LogP contribution in [0.4, 0.5) is 5.69 Å². The Bertz CT molecular complexity index is 1240. The minimum atomic E-state index is -0.659. The number of amides is 2. The van der Waals surface area contributed by atoms with Crippen LogP contribution < -0.4 is 10.6 Å². The summed E-state index contributed by atoms with van der Waals surface area (Å²) < 4.78 is 2.27. The summed E-state index contributed by atoms with van der Waals surface area (Å²) in [5, 5.41) is 8.09. The molecule has 0 saturated carbocycles. The Labute approximate surface area is 181 Å². The van der Waals surface area contributed by atoms with Crippen LogP contribution in [0.2, 0.25) is 0 Å². The molecular formula is C25H26N4O2. The fourth-order valence-corrected chi connectivity index (χ4v) is 3.95. The van der Waals surface area contributed by atoms with Gasteiger partial charge in [-0.25, -0.2) is 0 Å². The molecule has 4 aromatic rings. The quantitative estimate of drug-likeness (QED) is 0.484. The summed E-state index contributed by atoms with van der Waals surface area (Å²) in [5.74, 6) is -0.606. The Morgan fingerprint density at radius 3 is 2.39 bits per heavy atom. The van der Waals surface area contributed by atoms with Crippen molar-refractivity contribution in [3.63, 3.8) is 0 Å². The van der Waals surface area contributed by atoms with Crippen LogP contribution in [0.25, 0.3) is 21.8 Å². The maximum atomic E-state index is 13.0. The van der Waals surface area contributed by atoms with Crippen molar-refractivity contribution in [1.29, 1.82) is 0 Å². The number of pyridine rings is 1. The minimum Gasteiger partial charge on any atom is -0.341 e. The van der Waals surface area contributed by atoms with E-state index in [0.717, 1.165) is 22.8 Å². The number of benzene rings is 2. The lowest BCUT2D eigenvalue weighted by atomic mass is 10.0. The fraction of sp³-hybridized carbons (Fsp3) is 0.240. The van der Waals surface area contributed by atoms with Crippen LogP contribution in [-0.4, -0.2) is 27.4 Å². The van der Waals surface area contributed by atoms with Crippen LogP contribution in [-0.2, 0) is 11.3 Å². The molecule has 2 amide bonds. The van der Waals surface area contributed by atoms with Crippen molar-refractivity contribution >= 4 is 39.3 Å². The average molecular weight is 415 g/mol. The standard InChI is InChI=1S/C25H26N4O2/c1-4-29-21-8-6-5-7-19(21)20-15-18(9-10-22(20)29)27-25(31)23(16(2)3)28-24(30)17-11-13-26-14-12-17/h5-16,23H,4H2,1-3H3,(H,27,31)(H,28,30)/t23-/m1/s1. The second-order valence-corrected chi connectivity index (χ2v) is 7.91. The third kappa shape index (κ3) is 4.01. The molecule has 1 atom stereocenters. The largest absolute Gasteiger partial charge is 0.341 e. The molecule has 2 aromatic heterocycles. The van der Waals surface area contributed by atoms with Crippen molar-refractivity contribution in [3.8, 4) is 0 Å². The third-order valence-corrected chi connectivity index (χ3v) is 5.53. The van der Waals surface area contributed by atoms with Gasteiger partial charge in [0.2, 0.25) is 5.91 Å². The Kier molecular flexibility index (Phi) is 5.71. The van der Waals surface area contributed by atoms with Crippen LogP contribution in [0.3, 0.4) is 0 Å². The maximum absolute atomic E-state index is 13.0. The van der Waals surface area contributed by atoms with E-state index in [0.29, 0.717) is 11.3 Å². The maximum Gasteiger partial charge on any atom is 0.252 e. The first-order valence-corrected chi connectivity index (χ1v) is 10.5. The molecule has 0 aliphatic carbocycles. The molecule has 0 fully saturated rings. The van der Waals surface area contributed by atoms with Crippen molar-refractivity contribution in [2.24, 2.45) is 5.92 Å². The number of anilines is 1. The van der Waals surface area contributed by atoms with E-state index in [1.165, 1.54) is 5.52 Å². The van der Waals surface area contributed by atoms with E-state index in [-0.39, 0.29) is 17.7 Å². The highest BCUT2D eigenvalue weighted by Gasteiger charge is 2.25. The SMILES string of the molecule is CCn1c2ccccc2c2cc(NC(=O)[C@H](NC(=O)c3ccncc3)C(C)C)ccc21. The van der Waals surface area contributed by atoms with E-state index in [9.17, 15) is 9.59 Å². The van der Waals surface area contributed by atoms with Gasteiger partial charge in [-0.15, -0.1) is 0 Å². The lowest BCUT2D eigenvalue weighted by Gasteiger charge is -2.22. The molecule has 2 aromatic carbocycles. The summed E-state index contributed by atoms with van der Waals surface area (Å²) in [7, 11) is 0. The number of carbonyl (C=O) groups is 2. The monoisotopic (exact) mass is 414 g/mol. The Balaban J connectivity index is 1.60. The molecule has 0 saturated heterocycles. The van der Waals surface area contributed by atoms with Gasteiger partial charge in [-0.3, -0.25) is 14.6 Å². The van der Waals surface area contributed by atoms with Crippen molar-refractivity contribution in [2.75, 3.05) is 5.32 Å². The zero-order valence-electron chi connectivity index (χ0n) is 17.9. The van der Waals surface area contributed by atoms with Gasteiger partial charge in [0.05, 0.1) is 0 Å². The fourth-order valence-electron chi connectivity index (χ4n) is 3.95. The second kappa shape index (κ2) is 8.60. The van der Waals surface area contributed by atoms with Crippen LogP contribution in [0.5, 0.6) is 0 Å². The molecule has 0 radical (unpaired) electrons.